The number of amides is 1. The van der Waals surface area contributed by atoms with E-state index in [1.54, 1.807) is 0 Å². The minimum atomic E-state index is -0.204. The van der Waals surface area contributed by atoms with Crippen LogP contribution in [0.1, 0.15) is 40.0 Å². The second-order valence-corrected chi connectivity index (χ2v) is 6.29. The van der Waals surface area contributed by atoms with Gasteiger partial charge in [0, 0.05) is 18.3 Å². The number of carbonyl (C=O) groups is 1. The van der Waals surface area contributed by atoms with Gasteiger partial charge in [-0.2, -0.15) is 0 Å². The maximum Gasteiger partial charge on any atom is 0.251 e. The van der Waals surface area contributed by atoms with Crippen LogP contribution >= 0.6 is 11.8 Å². The summed E-state index contributed by atoms with van der Waals surface area (Å²) in [5.41, 5.74) is -0.204. The van der Waals surface area contributed by atoms with Crippen LogP contribution in [0.4, 0.5) is 0 Å². The van der Waals surface area contributed by atoms with Crippen LogP contribution in [0.25, 0.3) is 0 Å². The zero-order chi connectivity index (χ0) is 15.0. The van der Waals surface area contributed by atoms with E-state index < -0.39 is 0 Å². The number of thioether (sulfide) groups is 1. The Hall–Kier alpha value is -1.30. The first-order chi connectivity index (χ1) is 9.47. The van der Waals surface area contributed by atoms with Crippen molar-refractivity contribution in [2.24, 2.45) is 5.92 Å². The molecule has 1 rings (SSSR count). The number of carbonyl (C=O) groups excluding carboxylic acids is 1. The monoisotopic (exact) mass is 297 g/mol. The normalized spacial score (nSPS) is 12.4. The molecule has 2 N–H and O–H groups in total. The average Bonchev–Trinajstić information content (AvgIpc) is 2.36. The van der Waals surface area contributed by atoms with E-state index in [1.165, 1.54) is 30.4 Å². The van der Waals surface area contributed by atoms with Gasteiger partial charge in [-0.05, 0) is 19.3 Å². The number of nitrogens with one attached hydrogen (secondary N) is 2. The Kier molecular flexibility index (Phi) is 7.36. The lowest BCUT2D eigenvalue weighted by Crippen LogP contribution is -2.33. The van der Waals surface area contributed by atoms with Crippen molar-refractivity contribution in [1.29, 1.82) is 0 Å². The van der Waals surface area contributed by atoms with Crippen molar-refractivity contribution in [3.63, 3.8) is 0 Å². The van der Waals surface area contributed by atoms with Gasteiger partial charge in [-0.15, -0.1) is 0 Å². The molecule has 0 fully saturated rings. The fraction of sp³-hybridized carbons (Fsp3) is 0.643. The van der Waals surface area contributed by atoms with Crippen molar-refractivity contribution < 1.29 is 4.79 Å². The molecule has 0 aliphatic rings. The lowest BCUT2D eigenvalue weighted by Gasteiger charge is -2.14. The minimum absolute atomic E-state index is 0.0291. The maximum absolute atomic E-state index is 11.8. The van der Waals surface area contributed by atoms with E-state index in [2.05, 4.69) is 29.1 Å². The van der Waals surface area contributed by atoms with Crippen molar-refractivity contribution in [2.45, 2.75) is 51.2 Å². The van der Waals surface area contributed by atoms with Crippen molar-refractivity contribution in [2.75, 3.05) is 5.75 Å². The molecule has 0 radical (unpaired) electrons. The summed E-state index contributed by atoms with van der Waals surface area (Å²) in [6, 6.07) is 1.53. The molecule has 0 aliphatic heterocycles. The van der Waals surface area contributed by atoms with Crippen molar-refractivity contribution in [3.05, 3.63) is 22.6 Å². The topological polar surface area (TPSA) is 74.8 Å². The van der Waals surface area contributed by atoms with Gasteiger partial charge < -0.3 is 10.3 Å². The number of hydrogen-bond donors (Lipinski definition) is 2. The zero-order valence-corrected chi connectivity index (χ0v) is 13.1. The van der Waals surface area contributed by atoms with Crippen LogP contribution < -0.4 is 10.9 Å². The van der Waals surface area contributed by atoms with E-state index in [0.717, 1.165) is 12.8 Å². The second kappa shape index (κ2) is 8.79. The summed E-state index contributed by atoms with van der Waals surface area (Å²) in [5, 5.41) is 3.43. The molecular formula is C14H23N3O2S. The van der Waals surface area contributed by atoms with E-state index in [-0.39, 0.29) is 23.3 Å². The molecule has 1 amide bonds. The van der Waals surface area contributed by atoms with Gasteiger partial charge in [-0.25, -0.2) is 4.98 Å². The Morgan fingerprint density at radius 2 is 2.15 bits per heavy atom. The van der Waals surface area contributed by atoms with Crippen molar-refractivity contribution >= 4 is 17.7 Å². The largest absolute Gasteiger partial charge is 0.353 e. The molecule has 0 unspecified atom stereocenters. The third-order valence-electron chi connectivity index (χ3n) is 2.81. The molecule has 1 atom stereocenters. The molecule has 0 saturated heterocycles. The van der Waals surface area contributed by atoms with Crippen LogP contribution in [0.5, 0.6) is 0 Å². The van der Waals surface area contributed by atoms with Gasteiger partial charge in [0.2, 0.25) is 5.91 Å². The van der Waals surface area contributed by atoms with Gasteiger partial charge in [0.05, 0.1) is 5.75 Å². The Balaban J connectivity index is 2.24. The van der Waals surface area contributed by atoms with Crippen molar-refractivity contribution in [1.82, 2.24) is 15.3 Å². The molecule has 1 heterocycles. The first-order valence-electron chi connectivity index (χ1n) is 6.95. The Labute approximate surface area is 124 Å². The first-order valence-corrected chi connectivity index (χ1v) is 7.93. The molecular weight excluding hydrogens is 274 g/mol. The summed E-state index contributed by atoms with van der Waals surface area (Å²) in [4.78, 5) is 29.4. The Bertz CT molecular complexity index is 473. The fourth-order valence-electron chi connectivity index (χ4n) is 1.78. The molecule has 5 nitrogen and oxygen atoms in total. The summed E-state index contributed by atoms with van der Waals surface area (Å²) >= 11 is 1.23. The highest BCUT2D eigenvalue weighted by atomic mass is 32.2. The molecule has 112 valence electrons. The number of H-pyrrole nitrogens is 1. The minimum Gasteiger partial charge on any atom is -0.353 e. The number of aromatic amines is 1. The van der Waals surface area contributed by atoms with E-state index in [1.807, 2.05) is 6.92 Å². The molecule has 0 spiro atoms. The third kappa shape index (κ3) is 7.33. The van der Waals surface area contributed by atoms with Crippen LogP contribution in [0, 0.1) is 5.92 Å². The highest BCUT2D eigenvalue weighted by Gasteiger charge is 2.09. The van der Waals surface area contributed by atoms with Crippen LogP contribution in [-0.2, 0) is 4.79 Å². The Morgan fingerprint density at radius 1 is 1.40 bits per heavy atom. The van der Waals surface area contributed by atoms with Gasteiger partial charge in [-0.1, -0.05) is 38.5 Å². The maximum atomic E-state index is 11.8. The van der Waals surface area contributed by atoms with Crippen LogP contribution in [0.15, 0.2) is 22.2 Å². The smallest absolute Gasteiger partial charge is 0.251 e. The van der Waals surface area contributed by atoms with Crippen molar-refractivity contribution in [3.8, 4) is 0 Å². The SMILES string of the molecule is CC(C)CCC[C@@H](C)NC(=O)CSc1nccc(=O)[nH]1. The quantitative estimate of drug-likeness (QED) is 0.570. The summed E-state index contributed by atoms with van der Waals surface area (Å²) in [7, 11) is 0. The molecule has 0 aromatic carbocycles. The first kappa shape index (κ1) is 16.8. The van der Waals surface area contributed by atoms with E-state index in [0.29, 0.717) is 11.1 Å². The second-order valence-electron chi connectivity index (χ2n) is 5.32. The van der Waals surface area contributed by atoms with Crippen LogP contribution in [-0.4, -0.2) is 27.7 Å². The molecule has 0 saturated carbocycles. The average molecular weight is 297 g/mol. The highest BCUT2D eigenvalue weighted by molar-refractivity contribution is 7.99. The summed E-state index contributed by atoms with van der Waals surface area (Å²) in [6.07, 6.45) is 4.74. The van der Waals surface area contributed by atoms with Gasteiger partial charge in [-0.3, -0.25) is 9.59 Å². The van der Waals surface area contributed by atoms with E-state index >= 15 is 0 Å². The van der Waals surface area contributed by atoms with Gasteiger partial charge in [0.25, 0.3) is 5.56 Å². The number of rotatable bonds is 8. The van der Waals surface area contributed by atoms with Crippen LogP contribution in [0.3, 0.4) is 0 Å². The van der Waals surface area contributed by atoms with Gasteiger partial charge >= 0.3 is 0 Å². The highest BCUT2D eigenvalue weighted by Crippen LogP contribution is 2.10. The lowest BCUT2D eigenvalue weighted by molar-refractivity contribution is -0.119. The zero-order valence-electron chi connectivity index (χ0n) is 12.3. The third-order valence-corrected chi connectivity index (χ3v) is 3.70. The standard InChI is InChI=1S/C14H23N3O2S/c1-10(2)5-4-6-11(3)16-13(19)9-20-14-15-8-7-12(18)17-14/h7-8,10-11H,4-6,9H2,1-3H3,(H,16,19)(H,15,17,18)/t11-/m1/s1. The van der Waals surface area contributed by atoms with E-state index in [9.17, 15) is 9.59 Å². The van der Waals surface area contributed by atoms with Gasteiger partial charge in [0.1, 0.15) is 0 Å². The lowest BCUT2D eigenvalue weighted by atomic mass is 10.0. The number of hydrogen-bond acceptors (Lipinski definition) is 4. The molecule has 20 heavy (non-hydrogen) atoms. The predicted molar refractivity (Wildman–Crippen MR) is 81.9 cm³/mol. The Morgan fingerprint density at radius 3 is 2.80 bits per heavy atom. The van der Waals surface area contributed by atoms with E-state index in [4.69, 9.17) is 0 Å². The molecule has 1 aromatic rings. The number of aromatic nitrogens is 2. The molecule has 1 aromatic heterocycles. The predicted octanol–water partition coefficient (Wildman–Crippen LogP) is 2.19. The summed E-state index contributed by atoms with van der Waals surface area (Å²) < 4.78 is 0. The molecule has 0 bridgehead atoms. The fourth-order valence-corrected chi connectivity index (χ4v) is 2.44. The number of nitrogens with zero attached hydrogens (tertiary/aromatic N) is 1. The summed E-state index contributed by atoms with van der Waals surface area (Å²) in [6.45, 7) is 6.42. The van der Waals surface area contributed by atoms with Gasteiger partial charge in [0.15, 0.2) is 5.16 Å². The van der Waals surface area contributed by atoms with Crippen LogP contribution in [0.2, 0.25) is 0 Å². The molecule has 0 aliphatic carbocycles. The summed E-state index contributed by atoms with van der Waals surface area (Å²) in [5.74, 6) is 0.939. The molecule has 6 heteroatoms.